The van der Waals surface area contributed by atoms with Crippen LogP contribution in [0.25, 0.3) is 0 Å². The zero-order valence-corrected chi connectivity index (χ0v) is 34.4. The lowest BCUT2D eigenvalue weighted by Gasteiger charge is -2.55. The van der Waals surface area contributed by atoms with Crippen molar-refractivity contribution in [3.05, 3.63) is 59.7 Å². The highest BCUT2D eigenvalue weighted by Crippen LogP contribution is 2.41. The maximum Gasteiger partial charge on any atom is 0.119 e. The molecule has 0 amide bonds. The smallest absolute Gasteiger partial charge is 0.119 e. The van der Waals surface area contributed by atoms with E-state index in [9.17, 15) is 0 Å². The number of hydrogen-bond donors (Lipinski definition) is 0. The molecule has 288 valence electrons. The average molecular weight is 711 g/mol. The number of likely N-dealkylation sites (tertiary alicyclic amines) is 2. The second-order valence-electron chi connectivity index (χ2n) is 18.0. The minimum Gasteiger partial charge on any atom is -0.491 e. The van der Waals surface area contributed by atoms with Crippen LogP contribution in [0.5, 0.6) is 11.5 Å². The van der Waals surface area contributed by atoms with Gasteiger partial charge in [0.15, 0.2) is 0 Å². The van der Waals surface area contributed by atoms with Gasteiger partial charge in [0.2, 0.25) is 0 Å². The lowest BCUT2D eigenvalue weighted by atomic mass is 9.78. The lowest BCUT2D eigenvalue weighted by Crippen LogP contribution is -2.64. The van der Waals surface area contributed by atoms with Crippen molar-refractivity contribution in [2.75, 3.05) is 54.7 Å². The molecule has 0 aliphatic carbocycles. The predicted molar refractivity (Wildman–Crippen MR) is 207 cm³/mol. The van der Waals surface area contributed by atoms with Gasteiger partial charge >= 0.3 is 0 Å². The van der Waals surface area contributed by atoms with E-state index in [4.69, 9.17) is 28.4 Å². The van der Waals surface area contributed by atoms with Crippen molar-refractivity contribution in [3.8, 4) is 11.5 Å². The summed E-state index contributed by atoms with van der Waals surface area (Å²) in [5, 5.41) is 0. The van der Waals surface area contributed by atoms with Crippen LogP contribution in [0.1, 0.15) is 106 Å². The third kappa shape index (κ3) is 10.1. The molecule has 2 aliphatic heterocycles. The Balaban J connectivity index is 1.32. The second-order valence-corrected chi connectivity index (χ2v) is 18.0. The van der Waals surface area contributed by atoms with Crippen LogP contribution in [0, 0.1) is 0 Å². The van der Waals surface area contributed by atoms with E-state index in [-0.39, 0.29) is 52.0 Å². The molecule has 2 fully saturated rings. The Bertz CT molecular complexity index is 1230. The molecule has 2 saturated heterocycles. The molecular weight excluding hydrogens is 640 g/mol. The van der Waals surface area contributed by atoms with Crippen molar-refractivity contribution in [3.63, 3.8) is 0 Å². The molecule has 2 heterocycles. The number of rotatable bonds is 16. The van der Waals surface area contributed by atoms with E-state index in [0.717, 1.165) is 50.3 Å². The molecule has 0 saturated carbocycles. The predicted octanol–water partition coefficient (Wildman–Crippen LogP) is 8.14. The Labute approximate surface area is 310 Å². The summed E-state index contributed by atoms with van der Waals surface area (Å²) in [6.45, 7) is 25.5. The highest BCUT2D eigenvalue weighted by molar-refractivity contribution is 5.42. The standard InChI is InChI=1S/C43H70N2O6/c1-39(2)23-35(46-11)24-40(3,4)44(39)27-37(48-13)29-50-33-19-15-31(16-20-33)43(9,10)32-17-21-34(22-18-32)51-30-38(49-14)28-45-41(5,6)25-36(47-12)26-42(45,7)8/h15-22,35-38H,23-30H2,1-14H3. The quantitative estimate of drug-likeness (QED) is 0.173. The summed E-state index contributed by atoms with van der Waals surface area (Å²) in [6.07, 6.45) is 4.43. The molecule has 0 radical (unpaired) electrons. The van der Waals surface area contributed by atoms with Gasteiger partial charge in [-0.15, -0.1) is 0 Å². The van der Waals surface area contributed by atoms with E-state index >= 15 is 0 Å². The van der Waals surface area contributed by atoms with Gasteiger partial charge in [-0.25, -0.2) is 0 Å². The van der Waals surface area contributed by atoms with Crippen molar-refractivity contribution in [1.29, 1.82) is 0 Å². The summed E-state index contributed by atoms with van der Waals surface area (Å²) < 4.78 is 36.0. The Hall–Kier alpha value is -2.20. The number of benzene rings is 2. The summed E-state index contributed by atoms with van der Waals surface area (Å²) in [4.78, 5) is 5.14. The molecule has 4 rings (SSSR count). The minimum atomic E-state index is -0.196. The lowest BCUT2D eigenvalue weighted by molar-refractivity contribution is -0.113. The number of ether oxygens (including phenoxy) is 6. The third-order valence-electron chi connectivity index (χ3n) is 12.0. The molecule has 51 heavy (non-hydrogen) atoms. The molecule has 2 aromatic carbocycles. The first-order chi connectivity index (χ1) is 23.8. The Morgan fingerprint density at radius 1 is 0.549 bits per heavy atom. The first-order valence-corrected chi connectivity index (χ1v) is 18.9. The summed E-state index contributed by atoms with van der Waals surface area (Å²) in [6, 6.07) is 17.0. The monoisotopic (exact) mass is 711 g/mol. The van der Waals surface area contributed by atoms with Crippen molar-refractivity contribution in [2.24, 2.45) is 0 Å². The largest absolute Gasteiger partial charge is 0.491 e. The van der Waals surface area contributed by atoms with Gasteiger partial charge in [0.25, 0.3) is 0 Å². The van der Waals surface area contributed by atoms with Crippen LogP contribution in [-0.2, 0) is 24.4 Å². The highest BCUT2D eigenvalue weighted by atomic mass is 16.5. The molecular formula is C43H70N2O6. The van der Waals surface area contributed by atoms with Crippen molar-refractivity contribution < 1.29 is 28.4 Å². The Morgan fingerprint density at radius 2 is 0.843 bits per heavy atom. The first kappa shape index (κ1) is 41.6. The topological polar surface area (TPSA) is 61.9 Å². The van der Waals surface area contributed by atoms with E-state index < -0.39 is 0 Å². The second kappa shape index (κ2) is 16.4. The van der Waals surface area contributed by atoms with Crippen LogP contribution in [0.2, 0.25) is 0 Å². The van der Waals surface area contributed by atoms with Gasteiger partial charge in [0, 0.05) is 69.1 Å². The summed E-state index contributed by atoms with van der Waals surface area (Å²) in [5.74, 6) is 1.69. The van der Waals surface area contributed by atoms with Crippen LogP contribution < -0.4 is 9.47 Å². The Kier molecular flexibility index (Phi) is 13.4. The van der Waals surface area contributed by atoms with Gasteiger partial charge in [0.05, 0.1) is 12.2 Å². The average Bonchev–Trinajstić information content (AvgIpc) is 3.06. The number of piperidine rings is 2. The van der Waals surface area contributed by atoms with Crippen molar-refractivity contribution in [2.45, 2.75) is 147 Å². The van der Waals surface area contributed by atoms with Crippen LogP contribution in [0.4, 0.5) is 0 Å². The van der Waals surface area contributed by atoms with Gasteiger partial charge in [0.1, 0.15) is 36.9 Å². The van der Waals surface area contributed by atoms with E-state index in [2.05, 4.69) is 128 Å². The van der Waals surface area contributed by atoms with E-state index in [0.29, 0.717) is 13.2 Å². The van der Waals surface area contributed by atoms with Crippen LogP contribution in [-0.4, -0.2) is 111 Å². The highest BCUT2D eigenvalue weighted by Gasteiger charge is 2.47. The Morgan fingerprint density at radius 3 is 1.10 bits per heavy atom. The molecule has 2 unspecified atom stereocenters. The number of hydrogen-bond acceptors (Lipinski definition) is 8. The summed E-state index contributed by atoms with van der Waals surface area (Å²) in [7, 11) is 7.21. The third-order valence-corrected chi connectivity index (χ3v) is 12.0. The number of nitrogens with zero attached hydrogens (tertiary/aromatic N) is 2. The molecule has 0 bridgehead atoms. The van der Waals surface area contributed by atoms with Gasteiger partial charge in [-0.1, -0.05) is 38.1 Å². The maximum absolute atomic E-state index is 6.29. The van der Waals surface area contributed by atoms with E-state index in [1.807, 2.05) is 14.2 Å². The molecule has 2 aliphatic rings. The molecule has 0 spiro atoms. The van der Waals surface area contributed by atoms with Crippen molar-refractivity contribution in [1.82, 2.24) is 9.80 Å². The fourth-order valence-corrected chi connectivity index (χ4v) is 9.05. The zero-order chi connectivity index (χ0) is 37.8. The van der Waals surface area contributed by atoms with Gasteiger partial charge in [-0.05, 0) is 116 Å². The van der Waals surface area contributed by atoms with Crippen molar-refractivity contribution >= 4 is 0 Å². The first-order valence-electron chi connectivity index (χ1n) is 18.9. The number of methoxy groups -OCH3 is 4. The summed E-state index contributed by atoms with van der Waals surface area (Å²) >= 11 is 0. The van der Waals surface area contributed by atoms with Gasteiger partial charge < -0.3 is 28.4 Å². The fraction of sp³-hybridized carbons (Fsp3) is 0.721. The van der Waals surface area contributed by atoms with Crippen LogP contribution in [0.15, 0.2) is 48.5 Å². The molecule has 2 atom stereocenters. The maximum atomic E-state index is 6.29. The van der Waals surface area contributed by atoms with Gasteiger partial charge in [-0.3, -0.25) is 9.80 Å². The molecule has 0 aromatic heterocycles. The van der Waals surface area contributed by atoms with Crippen LogP contribution in [0.3, 0.4) is 0 Å². The zero-order valence-electron chi connectivity index (χ0n) is 34.4. The SMILES string of the molecule is COC(COc1ccc(C(C)(C)c2ccc(OCC(CN3C(C)(C)CC(OC)CC3(C)C)OC)cc2)cc1)CN1C(C)(C)CC(OC)CC1(C)C. The molecule has 2 aromatic rings. The fourth-order valence-electron chi connectivity index (χ4n) is 9.05. The summed E-state index contributed by atoms with van der Waals surface area (Å²) in [5.41, 5.74) is 2.25. The normalized spacial score (nSPS) is 22.4. The van der Waals surface area contributed by atoms with E-state index in [1.54, 1.807) is 14.2 Å². The molecule has 8 heteroatoms. The molecule has 0 N–H and O–H groups in total. The minimum absolute atomic E-state index is 0.0000227. The van der Waals surface area contributed by atoms with Gasteiger partial charge in [-0.2, -0.15) is 0 Å². The van der Waals surface area contributed by atoms with E-state index in [1.165, 1.54) is 11.1 Å². The molecule has 8 nitrogen and oxygen atoms in total. The van der Waals surface area contributed by atoms with Crippen LogP contribution >= 0.6 is 0 Å².